The van der Waals surface area contributed by atoms with Crippen LogP contribution in [0.3, 0.4) is 0 Å². The van der Waals surface area contributed by atoms with Crippen LogP contribution in [0.4, 0.5) is 11.4 Å². The molecule has 0 N–H and O–H groups in total. The van der Waals surface area contributed by atoms with Gasteiger partial charge in [0.25, 0.3) is 0 Å². The molecular weight excluding hydrogens is 366 g/mol. The van der Waals surface area contributed by atoms with Crippen LogP contribution in [0.2, 0.25) is 0 Å². The third-order valence-corrected chi connectivity index (χ3v) is 5.29. The topological polar surface area (TPSA) is 28.0 Å². The van der Waals surface area contributed by atoms with Gasteiger partial charge in [0.05, 0.1) is 11.4 Å². The lowest BCUT2D eigenvalue weighted by Gasteiger charge is -2.20. The standard InChI is InChI=1S/C27H31N3/c1-18-13-20(3)26(21(4)14-18)28-29-30(17-24(7)25-11-9-8-10-12-25)27-22(5)15-19(2)16-23(27)6/h8-17H,1-7H3/b24-17+,29-28+. The van der Waals surface area contributed by atoms with E-state index in [0.29, 0.717) is 0 Å². The summed E-state index contributed by atoms with van der Waals surface area (Å²) in [5.41, 5.74) is 11.4. The molecule has 3 rings (SSSR count). The second kappa shape index (κ2) is 9.08. The molecule has 0 aliphatic carbocycles. The largest absolute Gasteiger partial charge is 0.222 e. The minimum absolute atomic E-state index is 0.929. The van der Waals surface area contributed by atoms with Crippen LogP contribution < -0.4 is 5.01 Å². The highest BCUT2D eigenvalue weighted by Gasteiger charge is 2.13. The smallest absolute Gasteiger partial charge is 0.0932 e. The normalized spacial score (nSPS) is 11.9. The van der Waals surface area contributed by atoms with Crippen molar-refractivity contribution < 1.29 is 0 Å². The van der Waals surface area contributed by atoms with Crippen LogP contribution in [0.25, 0.3) is 5.57 Å². The van der Waals surface area contributed by atoms with E-state index in [4.69, 9.17) is 5.22 Å². The first-order valence-electron chi connectivity index (χ1n) is 10.4. The number of hydrogen-bond donors (Lipinski definition) is 0. The van der Waals surface area contributed by atoms with Crippen LogP contribution in [-0.4, -0.2) is 0 Å². The number of nitrogens with zero attached hydrogens (tertiary/aromatic N) is 3. The van der Waals surface area contributed by atoms with Crippen LogP contribution in [0, 0.1) is 41.5 Å². The number of hydrogen-bond acceptors (Lipinski definition) is 2. The van der Waals surface area contributed by atoms with Gasteiger partial charge in [-0.2, -0.15) is 0 Å². The Morgan fingerprint density at radius 3 is 1.77 bits per heavy atom. The van der Waals surface area contributed by atoms with Crippen molar-refractivity contribution in [1.29, 1.82) is 0 Å². The molecule has 3 heteroatoms. The average molecular weight is 398 g/mol. The second-order valence-electron chi connectivity index (χ2n) is 8.21. The quantitative estimate of drug-likeness (QED) is 0.316. The first-order chi connectivity index (χ1) is 14.3. The highest BCUT2D eigenvalue weighted by atomic mass is 15.5. The fourth-order valence-electron chi connectivity index (χ4n) is 4.05. The van der Waals surface area contributed by atoms with E-state index in [1.807, 2.05) is 11.1 Å². The molecule has 0 aliphatic rings. The zero-order valence-corrected chi connectivity index (χ0v) is 19.1. The van der Waals surface area contributed by atoms with E-state index in [9.17, 15) is 0 Å². The van der Waals surface area contributed by atoms with Crippen LogP contribution in [0.5, 0.6) is 0 Å². The summed E-state index contributed by atoms with van der Waals surface area (Å²) < 4.78 is 0. The Morgan fingerprint density at radius 1 is 0.733 bits per heavy atom. The van der Waals surface area contributed by atoms with Crippen molar-refractivity contribution in [3.05, 3.63) is 99.7 Å². The molecule has 0 saturated heterocycles. The molecule has 0 bridgehead atoms. The van der Waals surface area contributed by atoms with E-state index in [2.05, 4.69) is 108 Å². The molecule has 0 amide bonds. The zero-order valence-electron chi connectivity index (χ0n) is 19.1. The highest BCUT2D eigenvalue weighted by molar-refractivity contribution is 5.70. The van der Waals surface area contributed by atoms with Crippen molar-refractivity contribution in [3.8, 4) is 0 Å². The lowest BCUT2D eigenvalue weighted by molar-refractivity contribution is 0.947. The molecule has 0 aliphatic heterocycles. The van der Waals surface area contributed by atoms with Crippen molar-refractivity contribution in [2.45, 2.75) is 48.5 Å². The predicted octanol–water partition coefficient (Wildman–Crippen LogP) is 8.10. The van der Waals surface area contributed by atoms with E-state index >= 15 is 0 Å². The molecule has 0 saturated carbocycles. The molecule has 0 fully saturated rings. The lowest BCUT2D eigenvalue weighted by Crippen LogP contribution is -2.11. The molecule has 0 atom stereocenters. The summed E-state index contributed by atoms with van der Waals surface area (Å²) in [6.07, 6.45) is 2.07. The zero-order chi connectivity index (χ0) is 21.8. The Balaban J connectivity index is 2.12. The van der Waals surface area contributed by atoms with Gasteiger partial charge in [-0.05, 0) is 81.9 Å². The van der Waals surface area contributed by atoms with Crippen LogP contribution in [0.1, 0.15) is 45.9 Å². The third kappa shape index (κ3) is 4.85. The third-order valence-electron chi connectivity index (χ3n) is 5.29. The number of benzene rings is 3. The van der Waals surface area contributed by atoms with E-state index < -0.39 is 0 Å². The fraction of sp³-hybridized carbons (Fsp3) is 0.259. The lowest BCUT2D eigenvalue weighted by atomic mass is 10.0. The first kappa shape index (κ1) is 21.5. The first-order valence-corrected chi connectivity index (χ1v) is 10.4. The number of rotatable bonds is 5. The van der Waals surface area contributed by atoms with Gasteiger partial charge in [-0.15, -0.1) is 5.11 Å². The molecule has 3 aromatic rings. The Morgan fingerprint density at radius 2 is 1.23 bits per heavy atom. The summed E-state index contributed by atoms with van der Waals surface area (Å²) in [6, 6.07) is 19.1. The second-order valence-corrected chi connectivity index (χ2v) is 8.21. The molecule has 0 radical (unpaired) electrons. The minimum atomic E-state index is 0.929. The van der Waals surface area contributed by atoms with Gasteiger partial charge in [0.15, 0.2) is 0 Å². The van der Waals surface area contributed by atoms with Crippen LogP contribution in [-0.2, 0) is 0 Å². The van der Waals surface area contributed by atoms with Gasteiger partial charge in [0.2, 0.25) is 0 Å². The maximum Gasteiger partial charge on any atom is 0.0932 e. The molecule has 3 aromatic carbocycles. The van der Waals surface area contributed by atoms with Gasteiger partial charge in [-0.25, -0.2) is 5.01 Å². The monoisotopic (exact) mass is 397 g/mol. The summed E-state index contributed by atoms with van der Waals surface area (Å²) in [6.45, 7) is 14.8. The summed E-state index contributed by atoms with van der Waals surface area (Å²) >= 11 is 0. The highest BCUT2D eigenvalue weighted by Crippen LogP contribution is 2.31. The number of allylic oxidation sites excluding steroid dienone is 1. The predicted molar refractivity (Wildman–Crippen MR) is 128 cm³/mol. The van der Waals surface area contributed by atoms with E-state index in [1.54, 1.807) is 0 Å². The van der Waals surface area contributed by atoms with Crippen molar-refractivity contribution in [2.75, 3.05) is 5.01 Å². The molecule has 0 heterocycles. The SMILES string of the molecule is C/C(=C\N(/N=N/c1c(C)cc(C)cc1C)c1c(C)cc(C)cc1C)c1ccccc1. The molecule has 30 heavy (non-hydrogen) atoms. The Kier molecular flexibility index (Phi) is 6.51. The number of anilines is 1. The van der Waals surface area contributed by atoms with Crippen molar-refractivity contribution >= 4 is 16.9 Å². The molecule has 0 unspecified atom stereocenters. The summed E-state index contributed by atoms with van der Waals surface area (Å²) in [4.78, 5) is 0. The number of aryl methyl sites for hydroxylation is 6. The van der Waals surface area contributed by atoms with Gasteiger partial charge >= 0.3 is 0 Å². The maximum atomic E-state index is 4.71. The van der Waals surface area contributed by atoms with Crippen molar-refractivity contribution in [1.82, 2.24) is 0 Å². The van der Waals surface area contributed by atoms with E-state index in [1.165, 1.54) is 27.8 Å². The van der Waals surface area contributed by atoms with Crippen LogP contribution >= 0.6 is 0 Å². The molecule has 3 nitrogen and oxygen atoms in total. The summed E-state index contributed by atoms with van der Waals surface area (Å²) in [5, 5.41) is 11.3. The average Bonchev–Trinajstić information content (AvgIpc) is 2.66. The van der Waals surface area contributed by atoms with Crippen molar-refractivity contribution in [2.24, 2.45) is 10.3 Å². The Hall–Kier alpha value is -3.20. The summed E-state index contributed by atoms with van der Waals surface area (Å²) in [7, 11) is 0. The van der Waals surface area contributed by atoms with Gasteiger partial charge < -0.3 is 0 Å². The Labute approximate surface area is 180 Å². The van der Waals surface area contributed by atoms with Gasteiger partial charge in [0, 0.05) is 6.20 Å². The molecule has 0 spiro atoms. The van der Waals surface area contributed by atoms with Gasteiger partial charge in [-0.3, -0.25) is 0 Å². The maximum absolute atomic E-state index is 4.71. The Bertz CT molecular complexity index is 1060. The molecular formula is C27H31N3. The van der Waals surface area contributed by atoms with Crippen LogP contribution in [0.15, 0.2) is 71.1 Å². The van der Waals surface area contributed by atoms with E-state index in [-0.39, 0.29) is 0 Å². The van der Waals surface area contributed by atoms with E-state index in [0.717, 1.165) is 28.1 Å². The van der Waals surface area contributed by atoms with Gasteiger partial charge in [0.1, 0.15) is 0 Å². The summed E-state index contributed by atoms with van der Waals surface area (Å²) in [5.74, 6) is 0. The van der Waals surface area contributed by atoms with Gasteiger partial charge in [-0.1, -0.05) is 70.9 Å². The minimum Gasteiger partial charge on any atom is -0.222 e. The van der Waals surface area contributed by atoms with Crippen molar-refractivity contribution in [3.63, 3.8) is 0 Å². The molecule has 154 valence electrons. The fourth-order valence-corrected chi connectivity index (χ4v) is 4.05. The molecule has 0 aromatic heterocycles.